The molecule has 1 aromatic rings. The number of hydrogen-bond acceptors (Lipinski definition) is 3. The zero-order valence-electron chi connectivity index (χ0n) is 12.8. The summed E-state index contributed by atoms with van der Waals surface area (Å²) in [7, 11) is 0. The van der Waals surface area contributed by atoms with E-state index in [1.807, 2.05) is 43.0 Å². The van der Waals surface area contributed by atoms with Crippen LogP contribution in [0.2, 0.25) is 0 Å². The number of benzene rings is 1. The van der Waals surface area contributed by atoms with E-state index in [1.54, 1.807) is 0 Å². The maximum atomic E-state index is 11.8. The molecule has 2 N–H and O–H groups in total. The Morgan fingerprint density at radius 3 is 2.67 bits per heavy atom. The average Bonchev–Trinajstić information content (AvgIpc) is 2.38. The number of rotatable bonds is 9. The van der Waals surface area contributed by atoms with Crippen LogP contribution in [0.15, 0.2) is 24.3 Å². The summed E-state index contributed by atoms with van der Waals surface area (Å²) in [5.41, 5.74) is 1.90. The van der Waals surface area contributed by atoms with Gasteiger partial charge in [0.2, 0.25) is 5.91 Å². The Balaban J connectivity index is 2.33. The lowest BCUT2D eigenvalue weighted by Crippen LogP contribution is -2.31. The first-order valence-corrected chi connectivity index (χ1v) is 7.32. The fourth-order valence-corrected chi connectivity index (χ4v) is 2.19. The highest BCUT2D eigenvalue weighted by atomic mass is 16.4. The normalized spacial score (nSPS) is 10.6. The molecule has 0 aromatic heterocycles. The van der Waals surface area contributed by atoms with Gasteiger partial charge in [0, 0.05) is 12.1 Å². The fourth-order valence-electron chi connectivity index (χ4n) is 2.19. The maximum absolute atomic E-state index is 11.8. The van der Waals surface area contributed by atoms with Crippen LogP contribution in [0.4, 0.5) is 5.69 Å². The van der Waals surface area contributed by atoms with Crippen molar-refractivity contribution < 1.29 is 14.7 Å². The SMILES string of the molecule is CCCN(CCCC(=O)Nc1cccc(C)c1)CC(=O)O. The molecule has 0 saturated heterocycles. The van der Waals surface area contributed by atoms with E-state index in [2.05, 4.69) is 5.32 Å². The molecule has 0 aliphatic carbocycles. The summed E-state index contributed by atoms with van der Waals surface area (Å²) in [4.78, 5) is 24.4. The highest BCUT2D eigenvalue weighted by Gasteiger charge is 2.09. The van der Waals surface area contributed by atoms with Gasteiger partial charge < -0.3 is 10.4 Å². The van der Waals surface area contributed by atoms with Crippen molar-refractivity contribution in [3.05, 3.63) is 29.8 Å². The minimum absolute atomic E-state index is 0.0348. The number of carboxylic acids is 1. The van der Waals surface area contributed by atoms with Gasteiger partial charge in [0.25, 0.3) is 0 Å². The van der Waals surface area contributed by atoms with Crippen LogP contribution in [0.25, 0.3) is 0 Å². The second-order valence-electron chi connectivity index (χ2n) is 5.19. The van der Waals surface area contributed by atoms with Crippen LogP contribution in [-0.4, -0.2) is 41.5 Å². The van der Waals surface area contributed by atoms with E-state index in [0.717, 1.165) is 24.2 Å². The number of hydrogen-bond donors (Lipinski definition) is 2. The number of carbonyl (C=O) groups is 2. The van der Waals surface area contributed by atoms with Gasteiger partial charge in [0.15, 0.2) is 0 Å². The average molecular weight is 292 g/mol. The first-order chi connectivity index (χ1) is 10.0. The number of amides is 1. The molecule has 1 rings (SSSR count). The van der Waals surface area contributed by atoms with E-state index in [1.165, 1.54) is 0 Å². The van der Waals surface area contributed by atoms with E-state index < -0.39 is 5.97 Å². The van der Waals surface area contributed by atoms with Crippen LogP contribution >= 0.6 is 0 Å². The number of nitrogens with one attached hydrogen (secondary N) is 1. The van der Waals surface area contributed by atoms with Crippen molar-refractivity contribution in [1.29, 1.82) is 0 Å². The van der Waals surface area contributed by atoms with Gasteiger partial charge in [-0.15, -0.1) is 0 Å². The Morgan fingerprint density at radius 2 is 2.05 bits per heavy atom. The van der Waals surface area contributed by atoms with Crippen molar-refractivity contribution in [2.75, 3.05) is 25.0 Å². The van der Waals surface area contributed by atoms with Crippen LogP contribution in [0, 0.1) is 6.92 Å². The monoisotopic (exact) mass is 292 g/mol. The molecule has 0 aliphatic rings. The lowest BCUT2D eigenvalue weighted by molar-refractivity contribution is -0.138. The van der Waals surface area contributed by atoms with Crippen molar-refractivity contribution in [2.45, 2.75) is 33.1 Å². The molecule has 0 unspecified atom stereocenters. The summed E-state index contributed by atoms with van der Waals surface area (Å²) >= 11 is 0. The van der Waals surface area contributed by atoms with Gasteiger partial charge >= 0.3 is 5.97 Å². The lowest BCUT2D eigenvalue weighted by atomic mass is 10.2. The van der Waals surface area contributed by atoms with Crippen molar-refractivity contribution >= 4 is 17.6 Å². The Morgan fingerprint density at radius 1 is 1.29 bits per heavy atom. The van der Waals surface area contributed by atoms with E-state index in [9.17, 15) is 9.59 Å². The topological polar surface area (TPSA) is 69.6 Å². The van der Waals surface area contributed by atoms with Crippen molar-refractivity contribution in [3.8, 4) is 0 Å². The predicted octanol–water partition coefficient (Wildman–Crippen LogP) is 2.51. The number of anilines is 1. The van der Waals surface area contributed by atoms with Gasteiger partial charge in [0.05, 0.1) is 6.54 Å². The largest absolute Gasteiger partial charge is 0.480 e. The quantitative estimate of drug-likeness (QED) is 0.733. The fraction of sp³-hybridized carbons (Fsp3) is 0.500. The molecule has 0 atom stereocenters. The third kappa shape index (κ3) is 7.46. The van der Waals surface area contributed by atoms with Gasteiger partial charge in [0.1, 0.15) is 0 Å². The van der Waals surface area contributed by atoms with Crippen molar-refractivity contribution in [2.24, 2.45) is 0 Å². The number of nitrogens with zero attached hydrogens (tertiary/aromatic N) is 1. The Labute approximate surface area is 126 Å². The van der Waals surface area contributed by atoms with E-state index in [0.29, 0.717) is 19.4 Å². The molecule has 0 aliphatic heterocycles. The van der Waals surface area contributed by atoms with Gasteiger partial charge in [-0.05, 0) is 50.6 Å². The molecule has 0 saturated carbocycles. The summed E-state index contributed by atoms with van der Waals surface area (Å²) in [6, 6.07) is 7.66. The van der Waals surface area contributed by atoms with E-state index in [-0.39, 0.29) is 12.5 Å². The van der Waals surface area contributed by atoms with E-state index >= 15 is 0 Å². The third-order valence-electron chi connectivity index (χ3n) is 3.08. The molecular formula is C16H24N2O3. The number of aliphatic carboxylic acids is 1. The number of carboxylic acid groups (broad SMARTS) is 1. The molecule has 5 nitrogen and oxygen atoms in total. The molecule has 116 valence electrons. The summed E-state index contributed by atoms with van der Waals surface area (Å²) < 4.78 is 0. The van der Waals surface area contributed by atoms with Crippen LogP contribution in [-0.2, 0) is 9.59 Å². The Hall–Kier alpha value is -1.88. The minimum atomic E-state index is -0.826. The zero-order valence-corrected chi connectivity index (χ0v) is 12.8. The van der Waals surface area contributed by atoms with E-state index in [4.69, 9.17) is 5.11 Å². The van der Waals surface area contributed by atoms with Gasteiger partial charge in [-0.2, -0.15) is 0 Å². The summed E-state index contributed by atoms with van der Waals surface area (Å²) in [6.45, 7) is 5.39. The Bertz CT molecular complexity index is 474. The lowest BCUT2D eigenvalue weighted by Gasteiger charge is -2.18. The first kappa shape index (κ1) is 17.2. The minimum Gasteiger partial charge on any atom is -0.480 e. The van der Waals surface area contributed by atoms with Crippen LogP contribution in [0.5, 0.6) is 0 Å². The highest BCUT2D eigenvalue weighted by Crippen LogP contribution is 2.10. The predicted molar refractivity (Wildman–Crippen MR) is 83.4 cm³/mol. The van der Waals surface area contributed by atoms with Crippen molar-refractivity contribution in [1.82, 2.24) is 4.90 Å². The summed E-state index contributed by atoms with van der Waals surface area (Å²) in [5.74, 6) is -0.861. The van der Waals surface area contributed by atoms with Gasteiger partial charge in [-0.25, -0.2) is 0 Å². The molecule has 0 spiro atoms. The molecule has 21 heavy (non-hydrogen) atoms. The zero-order chi connectivity index (χ0) is 15.7. The summed E-state index contributed by atoms with van der Waals surface area (Å²) in [5, 5.41) is 11.7. The molecule has 0 bridgehead atoms. The molecule has 0 heterocycles. The maximum Gasteiger partial charge on any atom is 0.317 e. The molecule has 0 radical (unpaired) electrons. The second kappa shape index (κ2) is 9.13. The summed E-state index contributed by atoms with van der Waals surface area (Å²) in [6.07, 6.45) is 1.96. The second-order valence-corrected chi connectivity index (χ2v) is 5.19. The smallest absolute Gasteiger partial charge is 0.317 e. The van der Waals surface area contributed by atoms with Crippen LogP contribution < -0.4 is 5.32 Å². The molecule has 5 heteroatoms. The highest BCUT2D eigenvalue weighted by molar-refractivity contribution is 5.90. The van der Waals surface area contributed by atoms with Crippen LogP contribution in [0.1, 0.15) is 31.7 Å². The van der Waals surface area contributed by atoms with Gasteiger partial charge in [-0.1, -0.05) is 19.1 Å². The third-order valence-corrected chi connectivity index (χ3v) is 3.08. The van der Waals surface area contributed by atoms with Gasteiger partial charge in [-0.3, -0.25) is 14.5 Å². The Kier molecular flexibility index (Phi) is 7.46. The molecule has 1 aromatic carbocycles. The number of aryl methyl sites for hydroxylation is 1. The molecule has 0 fully saturated rings. The van der Waals surface area contributed by atoms with Crippen molar-refractivity contribution in [3.63, 3.8) is 0 Å². The first-order valence-electron chi connectivity index (χ1n) is 7.32. The van der Waals surface area contributed by atoms with Crippen LogP contribution in [0.3, 0.4) is 0 Å². The molecule has 1 amide bonds. The standard InChI is InChI=1S/C16H24N2O3/c1-3-9-18(12-16(20)21)10-5-8-15(19)17-14-7-4-6-13(2)11-14/h4,6-7,11H,3,5,8-10,12H2,1-2H3,(H,17,19)(H,20,21). The molecular weight excluding hydrogens is 268 g/mol. The number of carbonyl (C=O) groups excluding carboxylic acids is 1.